The van der Waals surface area contributed by atoms with Gasteiger partial charge in [-0.15, -0.1) is 0 Å². The molecule has 94 valence electrons. The van der Waals surface area contributed by atoms with Crippen LogP contribution in [-0.2, 0) is 0 Å². The van der Waals surface area contributed by atoms with Crippen molar-refractivity contribution in [1.29, 1.82) is 0 Å². The third kappa shape index (κ3) is 3.06. The minimum Gasteiger partial charge on any atom is -0.377 e. The zero-order valence-corrected chi connectivity index (χ0v) is 11.1. The monoisotopic (exact) mass is 274 g/mol. The number of hydrogen-bond acceptors (Lipinski definition) is 3. The smallest absolute Gasteiger partial charge is 0.125 e. The number of nitrogens with two attached hydrogens (primary N) is 1. The molecule has 0 aromatic heterocycles. The van der Waals surface area contributed by atoms with E-state index in [9.17, 15) is 4.39 Å². The van der Waals surface area contributed by atoms with Gasteiger partial charge < -0.3 is 11.1 Å². The summed E-state index contributed by atoms with van der Waals surface area (Å²) in [6.07, 6.45) is 1.97. The molecule has 1 heterocycles. The van der Waals surface area contributed by atoms with E-state index in [0.717, 1.165) is 24.3 Å². The van der Waals surface area contributed by atoms with Crippen LogP contribution in [0, 0.1) is 5.82 Å². The van der Waals surface area contributed by atoms with Gasteiger partial charge in [0.1, 0.15) is 5.82 Å². The third-order valence-corrected chi connectivity index (χ3v) is 4.48. The SMILES string of the molecule is NCC1(Nc2cc(F)ccc2Cl)CCSCC1. The van der Waals surface area contributed by atoms with Gasteiger partial charge in [-0.05, 0) is 42.5 Å². The van der Waals surface area contributed by atoms with Crippen molar-refractivity contribution in [1.82, 2.24) is 0 Å². The summed E-state index contributed by atoms with van der Waals surface area (Å²) in [6.45, 7) is 0.542. The molecule has 0 aliphatic carbocycles. The number of halogens is 2. The van der Waals surface area contributed by atoms with Gasteiger partial charge in [-0.3, -0.25) is 0 Å². The lowest BCUT2D eigenvalue weighted by molar-refractivity contribution is 0.443. The number of nitrogens with one attached hydrogen (secondary N) is 1. The molecule has 1 aliphatic heterocycles. The Kier molecular flexibility index (Phi) is 4.17. The fraction of sp³-hybridized carbons (Fsp3) is 0.500. The average Bonchev–Trinajstić information content (AvgIpc) is 2.35. The van der Waals surface area contributed by atoms with Gasteiger partial charge in [-0.2, -0.15) is 11.8 Å². The first-order valence-corrected chi connectivity index (χ1v) is 7.19. The van der Waals surface area contributed by atoms with Crippen molar-refractivity contribution < 1.29 is 4.39 Å². The van der Waals surface area contributed by atoms with Gasteiger partial charge in [0.05, 0.1) is 16.2 Å². The lowest BCUT2D eigenvalue weighted by Crippen LogP contribution is -2.48. The molecular weight excluding hydrogens is 259 g/mol. The Morgan fingerprint density at radius 2 is 2.12 bits per heavy atom. The molecule has 2 nitrogen and oxygen atoms in total. The summed E-state index contributed by atoms with van der Waals surface area (Å²) in [5.41, 5.74) is 6.37. The maximum atomic E-state index is 13.2. The van der Waals surface area contributed by atoms with Crippen LogP contribution in [-0.4, -0.2) is 23.6 Å². The fourth-order valence-electron chi connectivity index (χ4n) is 2.02. The number of hydrogen-bond donors (Lipinski definition) is 2. The first kappa shape index (κ1) is 13.0. The molecule has 3 N–H and O–H groups in total. The zero-order valence-electron chi connectivity index (χ0n) is 9.51. The molecular formula is C12H16ClFN2S. The molecule has 1 saturated heterocycles. The highest BCUT2D eigenvalue weighted by Crippen LogP contribution is 2.32. The molecule has 0 spiro atoms. The van der Waals surface area contributed by atoms with Gasteiger partial charge in [-0.25, -0.2) is 4.39 Å². The van der Waals surface area contributed by atoms with Gasteiger partial charge in [0.25, 0.3) is 0 Å². The van der Waals surface area contributed by atoms with Gasteiger partial charge in [0.2, 0.25) is 0 Å². The van der Waals surface area contributed by atoms with Gasteiger partial charge in [-0.1, -0.05) is 11.6 Å². The molecule has 0 bridgehead atoms. The van der Waals surface area contributed by atoms with Crippen LogP contribution in [0.5, 0.6) is 0 Å². The molecule has 0 radical (unpaired) electrons. The van der Waals surface area contributed by atoms with E-state index in [2.05, 4.69) is 5.32 Å². The molecule has 1 aromatic rings. The summed E-state index contributed by atoms with van der Waals surface area (Å²) >= 11 is 7.99. The van der Waals surface area contributed by atoms with E-state index in [1.165, 1.54) is 12.1 Å². The predicted molar refractivity (Wildman–Crippen MR) is 73.4 cm³/mol. The normalized spacial score (nSPS) is 19.0. The summed E-state index contributed by atoms with van der Waals surface area (Å²) in [5.74, 6) is 1.88. The second-order valence-corrected chi connectivity index (χ2v) is 5.98. The molecule has 0 saturated carbocycles. The van der Waals surface area contributed by atoms with Crippen LogP contribution < -0.4 is 11.1 Å². The summed E-state index contributed by atoms with van der Waals surface area (Å²) in [5, 5.41) is 3.88. The van der Waals surface area contributed by atoms with Crippen molar-refractivity contribution in [2.75, 3.05) is 23.4 Å². The van der Waals surface area contributed by atoms with Crippen molar-refractivity contribution >= 4 is 29.1 Å². The average molecular weight is 275 g/mol. The van der Waals surface area contributed by atoms with E-state index < -0.39 is 0 Å². The molecule has 0 atom stereocenters. The van der Waals surface area contributed by atoms with E-state index in [-0.39, 0.29) is 11.4 Å². The van der Waals surface area contributed by atoms with Gasteiger partial charge in [0, 0.05) is 6.54 Å². The van der Waals surface area contributed by atoms with Crippen LogP contribution in [0.4, 0.5) is 10.1 Å². The van der Waals surface area contributed by atoms with Crippen LogP contribution in [0.2, 0.25) is 5.02 Å². The molecule has 2 rings (SSSR count). The third-order valence-electron chi connectivity index (χ3n) is 3.17. The topological polar surface area (TPSA) is 38.0 Å². The van der Waals surface area contributed by atoms with Crippen LogP contribution in [0.1, 0.15) is 12.8 Å². The van der Waals surface area contributed by atoms with E-state index in [1.807, 2.05) is 11.8 Å². The van der Waals surface area contributed by atoms with E-state index in [1.54, 1.807) is 6.07 Å². The summed E-state index contributed by atoms with van der Waals surface area (Å²) in [7, 11) is 0. The van der Waals surface area contributed by atoms with E-state index in [4.69, 9.17) is 17.3 Å². The van der Waals surface area contributed by atoms with Gasteiger partial charge in [0.15, 0.2) is 0 Å². The minimum atomic E-state index is -0.283. The number of benzene rings is 1. The first-order valence-electron chi connectivity index (χ1n) is 5.66. The highest BCUT2D eigenvalue weighted by molar-refractivity contribution is 7.99. The second-order valence-electron chi connectivity index (χ2n) is 4.35. The lowest BCUT2D eigenvalue weighted by Gasteiger charge is -2.38. The highest BCUT2D eigenvalue weighted by Gasteiger charge is 2.31. The Hall–Kier alpha value is -0.450. The molecule has 1 aromatic carbocycles. The fourth-order valence-corrected chi connectivity index (χ4v) is 3.46. The van der Waals surface area contributed by atoms with E-state index in [0.29, 0.717) is 17.3 Å². The Morgan fingerprint density at radius 3 is 2.76 bits per heavy atom. The molecule has 1 fully saturated rings. The van der Waals surface area contributed by atoms with Crippen molar-refractivity contribution in [3.05, 3.63) is 29.0 Å². The predicted octanol–water partition coefficient (Wildman–Crippen LogP) is 3.12. The Labute approximate surface area is 110 Å². The van der Waals surface area contributed by atoms with Crippen molar-refractivity contribution in [2.45, 2.75) is 18.4 Å². The molecule has 5 heteroatoms. The summed E-state index contributed by atoms with van der Waals surface area (Å²) in [4.78, 5) is 0. The number of rotatable bonds is 3. The molecule has 0 amide bonds. The maximum Gasteiger partial charge on any atom is 0.125 e. The van der Waals surface area contributed by atoms with Crippen LogP contribution >= 0.6 is 23.4 Å². The second kappa shape index (κ2) is 5.46. The number of anilines is 1. The summed E-state index contributed by atoms with van der Waals surface area (Å²) in [6, 6.07) is 4.36. The molecule has 17 heavy (non-hydrogen) atoms. The Balaban J connectivity index is 2.20. The van der Waals surface area contributed by atoms with Crippen LogP contribution in [0.25, 0.3) is 0 Å². The number of thioether (sulfide) groups is 1. The minimum absolute atomic E-state index is 0.136. The standard InChI is InChI=1S/C12H16ClFN2S/c13-10-2-1-9(14)7-11(10)16-12(8-15)3-5-17-6-4-12/h1-2,7,16H,3-6,8,15H2. The van der Waals surface area contributed by atoms with Crippen molar-refractivity contribution in [3.63, 3.8) is 0 Å². The van der Waals surface area contributed by atoms with Crippen molar-refractivity contribution in [3.8, 4) is 0 Å². The largest absolute Gasteiger partial charge is 0.377 e. The first-order chi connectivity index (χ1) is 8.15. The molecule has 0 unspecified atom stereocenters. The van der Waals surface area contributed by atoms with E-state index >= 15 is 0 Å². The molecule has 1 aliphatic rings. The Morgan fingerprint density at radius 1 is 1.41 bits per heavy atom. The van der Waals surface area contributed by atoms with Crippen LogP contribution in [0.15, 0.2) is 18.2 Å². The zero-order chi connectivity index (χ0) is 12.3. The Bertz CT molecular complexity index is 394. The highest BCUT2D eigenvalue weighted by atomic mass is 35.5. The summed E-state index contributed by atoms with van der Waals surface area (Å²) < 4.78 is 13.2. The van der Waals surface area contributed by atoms with Gasteiger partial charge >= 0.3 is 0 Å². The quantitative estimate of drug-likeness (QED) is 0.889. The van der Waals surface area contributed by atoms with Crippen LogP contribution in [0.3, 0.4) is 0 Å². The lowest BCUT2D eigenvalue weighted by atomic mass is 9.92. The van der Waals surface area contributed by atoms with Crippen molar-refractivity contribution in [2.24, 2.45) is 5.73 Å². The maximum absolute atomic E-state index is 13.2.